The van der Waals surface area contributed by atoms with Gasteiger partial charge in [-0.05, 0) is 89.4 Å². The summed E-state index contributed by atoms with van der Waals surface area (Å²) in [5, 5.41) is 3.88. The molecular weight excluding hydrogens is 328 g/mol. The molecule has 0 aliphatic carbocycles. The lowest BCUT2D eigenvalue weighted by molar-refractivity contribution is 0.242. The van der Waals surface area contributed by atoms with E-state index in [-0.39, 0.29) is 0 Å². The smallest absolute Gasteiger partial charge is 0.00672 e. The first-order valence-electron chi connectivity index (χ1n) is 12.5. The summed E-state index contributed by atoms with van der Waals surface area (Å²) < 4.78 is 0. The second kappa shape index (κ2) is 16.8. The van der Waals surface area contributed by atoms with Crippen LogP contribution in [-0.2, 0) is 0 Å². The molecule has 2 nitrogen and oxygen atoms in total. The third kappa shape index (κ3) is 15.5. The Labute approximate surface area is 172 Å². The Morgan fingerprint density at radius 1 is 0.630 bits per heavy atom. The maximum atomic E-state index is 3.88. The predicted molar refractivity (Wildman–Crippen MR) is 123 cm³/mol. The third-order valence-electron chi connectivity index (χ3n) is 6.22. The Morgan fingerprint density at radius 2 is 1.15 bits per heavy atom. The Kier molecular flexibility index (Phi) is 15.6. The quantitative estimate of drug-likeness (QED) is 0.307. The van der Waals surface area contributed by atoms with E-state index < -0.39 is 0 Å². The summed E-state index contributed by atoms with van der Waals surface area (Å²) in [6.45, 7) is 14.7. The fourth-order valence-corrected chi connectivity index (χ4v) is 4.25. The summed E-state index contributed by atoms with van der Waals surface area (Å²) in [5.41, 5.74) is 0. The third-order valence-corrected chi connectivity index (χ3v) is 6.22. The number of hydrogen-bond acceptors (Lipinski definition) is 2. The van der Waals surface area contributed by atoms with Gasteiger partial charge in [-0.15, -0.1) is 0 Å². The van der Waals surface area contributed by atoms with Crippen molar-refractivity contribution < 1.29 is 0 Å². The van der Waals surface area contributed by atoms with Crippen molar-refractivity contribution in [3.05, 3.63) is 0 Å². The van der Waals surface area contributed by atoms with Crippen LogP contribution in [0.5, 0.6) is 0 Å². The van der Waals surface area contributed by atoms with Crippen LogP contribution in [0.3, 0.4) is 0 Å². The molecule has 1 aliphatic heterocycles. The highest BCUT2D eigenvalue weighted by molar-refractivity contribution is 4.69. The Bertz CT molecular complexity index is 293. The molecule has 0 saturated carbocycles. The molecule has 1 N–H and O–H groups in total. The molecule has 0 radical (unpaired) electrons. The predicted octanol–water partition coefficient (Wildman–Crippen LogP) is 7.03. The van der Waals surface area contributed by atoms with Crippen LogP contribution in [0.2, 0.25) is 0 Å². The number of likely N-dealkylation sites (tertiary alicyclic amines) is 1. The molecule has 0 spiro atoms. The van der Waals surface area contributed by atoms with E-state index in [2.05, 4.69) is 37.9 Å². The highest BCUT2D eigenvalue weighted by atomic mass is 15.1. The van der Waals surface area contributed by atoms with E-state index in [0.29, 0.717) is 0 Å². The molecule has 1 saturated heterocycles. The number of unbranched alkanes of at least 4 members (excludes halogenated alkanes) is 4. The number of hydrogen-bond donors (Lipinski definition) is 1. The van der Waals surface area contributed by atoms with Gasteiger partial charge in [-0.3, -0.25) is 0 Å². The zero-order chi connectivity index (χ0) is 19.7. The molecular formula is C25H52N2. The Morgan fingerprint density at radius 3 is 1.74 bits per heavy atom. The van der Waals surface area contributed by atoms with E-state index in [1.807, 2.05) is 0 Å². The molecule has 0 aromatic carbocycles. The second-order valence-corrected chi connectivity index (χ2v) is 9.97. The average molecular weight is 381 g/mol. The second-order valence-electron chi connectivity index (χ2n) is 9.97. The summed E-state index contributed by atoms with van der Waals surface area (Å²) >= 11 is 0. The molecule has 1 heterocycles. The van der Waals surface area contributed by atoms with Crippen LogP contribution in [0.25, 0.3) is 0 Å². The SMILES string of the molecule is CC(C)CCC(CCC(C)C)NCCCCCCCN1CCCCCCC1. The van der Waals surface area contributed by atoms with Gasteiger partial charge in [0.15, 0.2) is 0 Å². The number of nitrogens with one attached hydrogen (secondary N) is 1. The van der Waals surface area contributed by atoms with E-state index >= 15 is 0 Å². The van der Waals surface area contributed by atoms with E-state index in [9.17, 15) is 0 Å². The zero-order valence-corrected chi connectivity index (χ0v) is 19.4. The van der Waals surface area contributed by atoms with Crippen molar-refractivity contribution in [1.82, 2.24) is 10.2 Å². The van der Waals surface area contributed by atoms with Gasteiger partial charge in [0, 0.05) is 6.04 Å². The fourth-order valence-electron chi connectivity index (χ4n) is 4.25. The molecule has 0 bridgehead atoms. The van der Waals surface area contributed by atoms with Crippen LogP contribution in [0, 0.1) is 11.8 Å². The van der Waals surface area contributed by atoms with Crippen molar-refractivity contribution in [2.24, 2.45) is 11.8 Å². The minimum atomic E-state index is 0.752. The van der Waals surface area contributed by atoms with Crippen LogP contribution < -0.4 is 5.32 Å². The maximum absolute atomic E-state index is 3.88. The monoisotopic (exact) mass is 380 g/mol. The van der Waals surface area contributed by atoms with Gasteiger partial charge in [0.2, 0.25) is 0 Å². The summed E-state index contributed by atoms with van der Waals surface area (Å²) in [5.74, 6) is 1.67. The van der Waals surface area contributed by atoms with Crippen LogP contribution in [0.1, 0.15) is 118 Å². The standard InChI is InChI=1S/C25H52N2/c1-23(2)15-17-25(18-16-24(3)4)26-19-11-7-5-8-12-20-27-21-13-9-6-10-14-22-27/h23-26H,5-22H2,1-4H3. The first kappa shape index (κ1) is 25.0. The lowest BCUT2D eigenvalue weighted by Gasteiger charge is -2.24. The summed E-state index contributed by atoms with van der Waals surface area (Å²) in [6, 6.07) is 0.752. The van der Waals surface area contributed by atoms with Gasteiger partial charge >= 0.3 is 0 Å². The first-order chi connectivity index (χ1) is 13.1. The van der Waals surface area contributed by atoms with E-state index in [0.717, 1.165) is 17.9 Å². The maximum Gasteiger partial charge on any atom is 0.00672 e. The fraction of sp³-hybridized carbons (Fsp3) is 1.00. The molecule has 0 aromatic rings. The highest BCUT2D eigenvalue weighted by Crippen LogP contribution is 2.15. The molecule has 27 heavy (non-hydrogen) atoms. The van der Waals surface area contributed by atoms with E-state index in [1.165, 1.54) is 116 Å². The lowest BCUT2D eigenvalue weighted by Crippen LogP contribution is -2.30. The average Bonchev–Trinajstić information content (AvgIpc) is 2.59. The van der Waals surface area contributed by atoms with E-state index in [4.69, 9.17) is 0 Å². The van der Waals surface area contributed by atoms with Crippen molar-refractivity contribution in [2.45, 2.75) is 124 Å². The minimum Gasteiger partial charge on any atom is -0.314 e. The molecule has 1 rings (SSSR count). The van der Waals surface area contributed by atoms with Crippen molar-refractivity contribution in [1.29, 1.82) is 0 Å². The van der Waals surface area contributed by atoms with Crippen LogP contribution in [-0.4, -0.2) is 37.1 Å². The molecule has 1 fully saturated rings. The largest absolute Gasteiger partial charge is 0.314 e. The molecule has 0 aromatic heterocycles. The van der Waals surface area contributed by atoms with Gasteiger partial charge in [-0.1, -0.05) is 66.2 Å². The first-order valence-corrected chi connectivity index (χ1v) is 12.5. The summed E-state index contributed by atoms with van der Waals surface area (Å²) in [4.78, 5) is 2.73. The Balaban J connectivity index is 2.01. The summed E-state index contributed by atoms with van der Waals surface area (Å²) in [7, 11) is 0. The van der Waals surface area contributed by atoms with Gasteiger partial charge in [0.1, 0.15) is 0 Å². The topological polar surface area (TPSA) is 15.3 Å². The van der Waals surface area contributed by atoms with Gasteiger partial charge in [-0.2, -0.15) is 0 Å². The lowest BCUT2D eigenvalue weighted by atomic mass is 9.96. The van der Waals surface area contributed by atoms with Gasteiger partial charge in [0.05, 0.1) is 0 Å². The minimum absolute atomic E-state index is 0.752. The van der Waals surface area contributed by atoms with Crippen LogP contribution in [0.15, 0.2) is 0 Å². The van der Waals surface area contributed by atoms with Crippen molar-refractivity contribution in [2.75, 3.05) is 26.2 Å². The molecule has 0 unspecified atom stereocenters. The summed E-state index contributed by atoms with van der Waals surface area (Å²) in [6.07, 6.45) is 19.8. The number of rotatable bonds is 15. The molecule has 162 valence electrons. The van der Waals surface area contributed by atoms with Crippen LogP contribution in [0.4, 0.5) is 0 Å². The normalized spacial score (nSPS) is 17.0. The van der Waals surface area contributed by atoms with Gasteiger partial charge in [-0.25, -0.2) is 0 Å². The molecule has 2 heteroatoms. The zero-order valence-electron chi connectivity index (χ0n) is 19.4. The number of nitrogens with zero attached hydrogens (tertiary/aromatic N) is 1. The van der Waals surface area contributed by atoms with E-state index in [1.54, 1.807) is 0 Å². The van der Waals surface area contributed by atoms with Crippen molar-refractivity contribution >= 4 is 0 Å². The highest BCUT2D eigenvalue weighted by Gasteiger charge is 2.10. The molecule has 1 aliphatic rings. The van der Waals surface area contributed by atoms with Gasteiger partial charge in [0.25, 0.3) is 0 Å². The molecule has 0 amide bonds. The van der Waals surface area contributed by atoms with Gasteiger partial charge < -0.3 is 10.2 Å². The van der Waals surface area contributed by atoms with Crippen molar-refractivity contribution in [3.8, 4) is 0 Å². The van der Waals surface area contributed by atoms with Crippen molar-refractivity contribution in [3.63, 3.8) is 0 Å². The van der Waals surface area contributed by atoms with Crippen LogP contribution >= 0.6 is 0 Å². The molecule has 0 atom stereocenters. The Hall–Kier alpha value is -0.0800.